The second-order valence-corrected chi connectivity index (χ2v) is 9.59. The van der Waals surface area contributed by atoms with Gasteiger partial charge in [0.1, 0.15) is 0 Å². The average Bonchev–Trinajstić information content (AvgIpc) is 2.57. The summed E-state index contributed by atoms with van der Waals surface area (Å²) in [6.07, 6.45) is 2.56. The van der Waals surface area contributed by atoms with Gasteiger partial charge in [0.15, 0.2) is 0 Å². The molecule has 1 aromatic carbocycles. The van der Waals surface area contributed by atoms with Gasteiger partial charge < -0.3 is 9.80 Å². The first-order chi connectivity index (χ1) is 11.3. The fraction of sp³-hybridized carbons (Fsp3) is 0.667. The molecular weight excluding hydrogens is 340 g/mol. The molecule has 0 aliphatic carbocycles. The Balaban J connectivity index is 2.00. The predicted molar refractivity (Wildman–Crippen MR) is 114 cm³/mol. The van der Waals surface area contributed by atoms with Crippen LogP contribution in [0, 0.1) is 0 Å². The molecule has 1 aromatic rings. The highest BCUT2D eigenvalue weighted by Crippen LogP contribution is 2.28. The first kappa shape index (κ1) is 19.2. The summed E-state index contributed by atoms with van der Waals surface area (Å²) in [5, 5.41) is 0. The number of rotatable bonds is 2. The van der Waals surface area contributed by atoms with E-state index in [0.717, 1.165) is 0 Å². The standard InChI is InChI=1S/C18H30N2S3/c1-19(2)17-7-3-4-8-18(17)20-9-5-11-21-13-15-23-16-14-22-12-6-10-20/h3-4,7-8H,5-6,9-16H2,1-2H3. The fourth-order valence-corrected chi connectivity index (χ4v) is 5.88. The van der Waals surface area contributed by atoms with Crippen LogP contribution in [0.15, 0.2) is 24.3 Å². The van der Waals surface area contributed by atoms with Crippen LogP contribution in [-0.4, -0.2) is 61.7 Å². The zero-order valence-electron chi connectivity index (χ0n) is 14.5. The van der Waals surface area contributed by atoms with Crippen molar-refractivity contribution in [2.24, 2.45) is 0 Å². The molecule has 1 fully saturated rings. The SMILES string of the molecule is CN(C)c1ccccc1N1CCCSCCSCCSCCC1. The third-order valence-electron chi connectivity index (χ3n) is 3.88. The maximum absolute atomic E-state index is 2.61. The highest BCUT2D eigenvalue weighted by molar-refractivity contribution is 8.04. The van der Waals surface area contributed by atoms with Gasteiger partial charge in [-0.25, -0.2) is 0 Å². The number of hydrogen-bond acceptors (Lipinski definition) is 5. The zero-order valence-corrected chi connectivity index (χ0v) is 16.9. The molecule has 5 heteroatoms. The summed E-state index contributed by atoms with van der Waals surface area (Å²) in [7, 11) is 4.29. The lowest BCUT2D eigenvalue weighted by Gasteiger charge is -2.29. The summed E-state index contributed by atoms with van der Waals surface area (Å²) in [5.74, 6) is 7.83. The molecular formula is C18H30N2S3. The molecule has 130 valence electrons. The summed E-state index contributed by atoms with van der Waals surface area (Å²) in [5.41, 5.74) is 2.74. The van der Waals surface area contributed by atoms with E-state index >= 15 is 0 Å². The van der Waals surface area contributed by atoms with Crippen LogP contribution in [0.4, 0.5) is 11.4 Å². The molecule has 23 heavy (non-hydrogen) atoms. The third-order valence-corrected chi connectivity index (χ3v) is 7.52. The molecule has 0 spiro atoms. The Labute approximate surface area is 155 Å². The molecule has 0 amide bonds. The van der Waals surface area contributed by atoms with Gasteiger partial charge in [-0.15, -0.1) is 0 Å². The highest BCUT2D eigenvalue weighted by atomic mass is 32.2. The molecule has 1 aliphatic heterocycles. The van der Waals surface area contributed by atoms with Gasteiger partial charge in [0.25, 0.3) is 0 Å². The van der Waals surface area contributed by atoms with E-state index in [2.05, 4.69) is 83.4 Å². The molecule has 0 radical (unpaired) electrons. The van der Waals surface area contributed by atoms with Crippen LogP contribution in [-0.2, 0) is 0 Å². The van der Waals surface area contributed by atoms with E-state index in [-0.39, 0.29) is 0 Å². The molecule has 0 bridgehead atoms. The molecule has 0 aromatic heterocycles. The van der Waals surface area contributed by atoms with E-state index in [9.17, 15) is 0 Å². The lowest BCUT2D eigenvalue weighted by molar-refractivity contribution is 0.751. The van der Waals surface area contributed by atoms with Gasteiger partial charge in [-0.2, -0.15) is 35.3 Å². The summed E-state index contributed by atoms with van der Waals surface area (Å²) >= 11 is 6.37. The normalized spacial score (nSPS) is 19.1. The Kier molecular flexibility index (Phi) is 9.54. The quantitative estimate of drug-likeness (QED) is 0.751. The minimum absolute atomic E-state index is 1.18. The van der Waals surface area contributed by atoms with E-state index in [1.54, 1.807) is 0 Å². The van der Waals surface area contributed by atoms with Crippen molar-refractivity contribution >= 4 is 46.7 Å². The summed E-state index contributed by atoms with van der Waals surface area (Å²) in [6.45, 7) is 2.35. The molecule has 0 saturated carbocycles. The smallest absolute Gasteiger partial charge is 0.0603 e. The molecule has 0 N–H and O–H groups in total. The zero-order chi connectivity index (χ0) is 16.3. The molecule has 1 heterocycles. The van der Waals surface area contributed by atoms with Gasteiger partial charge in [-0.05, 0) is 36.5 Å². The highest BCUT2D eigenvalue weighted by Gasteiger charge is 2.12. The maximum atomic E-state index is 2.61. The van der Waals surface area contributed by atoms with Crippen molar-refractivity contribution < 1.29 is 0 Å². The molecule has 0 unspecified atom stereocenters. The Morgan fingerprint density at radius 2 is 1.30 bits per heavy atom. The van der Waals surface area contributed by atoms with Gasteiger partial charge in [0, 0.05) is 50.2 Å². The van der Waals surface area contributed by atoms with Gasteiger partial charge in [0.2, 0.25) is 0 Å². The lowest BCUT2D eigenvalue weighted by Crippen LogP contribution is -2.28. The van der Waals surface area contributed by atoms with Crippen LogP contribution >= 0.6 is 35.3 Å². The first-order valence-corrected chi connectivity index (χ1v) is 12.0. The van der Waals surface area contributed by atoms with Crippen LogP contribution in [0.3, 0.4) is 0 Å². The maximum Gasteiger partial charge on any atom is 0.0603 e. The second-order valence-electron chi connectivity index (χ2n) is 5.91. The molecule has 0 atom stereocenters. The minimum atomic E-state index is 1.18. The monoisotopic (exact) mass is 370 g/mol. The second kappa shape index (κ2) is 11.4. The molecule has 1 saturated heterocycles. The molecule has 2 nitrogen and oxygen atoms in total. The van der Waals surface area contributed by atoms with Crippen LogP contribution < -0.4 is 9.80 Å². The largest absolute Gasteiger partial charge is 0.376 e. The van der Waals surface area contributed by atoms with Crippen LogP contribution in [0.2, 0.25) is 0 Å². The van der Waals surface area contributed by atoms with Crippen LogP contribution in [0.1, 0.15) is 12.8 Å². The van der Waals surface area contributed by atoms with Crippen molar-refractivity contribution in [3.05, 3.63) is 24.3 Å². The van der Waals surface area contributed by atoms with Gasteiger partial charge in [0.05, 0.1) is 11.4 Å². The fourth-order valence-electron chi connectivity index (χ4n) is 2.72. The molecule has 1 aliphatic rings. The van der Waals surface area contributed by atoms with Gasteiger partial charge >= 0.3 is 0 Å². The summed E-state index contributed by atoms with van der Waals surface area (Å²) in [6, 6.07) is 8.84. The van der Waals surface area contributed by atoms with E-state index in [1.165, 1.54) is 71.8 Å². The Hall–Kier alpha value is -0.130. The number of hydrogen-bond donors (Lipinski definition) is 0. The van der Waals surface area contributed by atoms with Gasteiger partial charge in [-0.1, -0.05) is 12.1 Å². The van der Waals surface area contributed by atoms with Crippen LogP contribution in [0.5, 0.6) is 0 Å². The van der Waals surface area contributed by atoms with Crippen molar-refractivity contribution in [1.29, 1.82) is 0 Å². The third kappa shape index (κ3) is 7.10. The van der Waals surface area contributed by atoms with Gasteiger partial charge in [-0.3, -0.25) is 0 Å². The van der Waals surface area contributed by atoms with Crippen molar-refractivity contribution in [2.45, 2.75) is 12.8 Å². The summed E-state index contributed by atoms with van der Waals surface area (Å²) < 4.78 is 0. The first-order valence-electron chi connectivity index (χ1n) is 8.53. The number of para-hydroxylation sites is 2. The Morgan fingerprint density at radius 3 is 1.87 bits per heavy atom. The van der Waals surface area contributed by atoms with Crippen molar-refractivity contribution in [3.8, 4) is 0 Å². The number of benzene rings is 1. The van der Waals surface area contributed by atoms with E-state index in [4.69, 9.17) is 0 Å². The minimum Gasteiger partial charge on any atom is -0.376 e. The van der Waals surface area contributed by atoms with Crippen molar-refractivity contribution in [2.75, 3.05) is 71.5 Å². The topological polar surface area (TPSA) is 6.48 Å². The number of anilines is 2. The van der Waals surface area contributed by atoms with Crippen molar-refractivity contribution in [3.63, 3.8) is 0 Å². The van der Waals surface area contributed by atoms with E-state index < -0.39 is 0 Å². The number of thioether (sulfide) groups is 3. The Morgan fingerprint density at radius 1 is 0.783 bits per heavy atom. The van der Waals surface area contributed by atoms with E-state index in [0.29, 0.717) is 0 Å². The van der Waals surface area contributed by atoms with Crippen LogP contribution in [0.25, 0.3) is 0 Å². The average molecular weight is 371 g/mol. The lowest BCUT2D eigenvalue weighted by atomic mass is 10.2. The van der Waals surface area contributed by atoms with E-state index in [1.807, 2.05) is 0 Å². The summed E-state index contributed by atoms with van der Waals surface area (Å²) in [4.78, 5) is 4.85. The number of nitrogens with zero attached hydrogens (tertiary/aromatic N) is 2. The molecule has 2 rings (SSSR count). The van der Waals surface area contributed by atoms with Crippen molar-refractivity contribution in [1.82, 2.24) is 0 Å². The predicted octanol–water partition coefficient (Wildman–Crippen LogP) is 4.55. The Bertz CT molecular complexity index is 426.